The van der Waals surface area contributed by atoms with Gasteiger partial charge in [-0.25, -0.2) is 0 Å². The molecule has 2 aliphatic heterocycles. The second-order valence-electron chi connectivity index (χ2n) is 11.2. The van der Waals surface area contributed by atoms with Crippen molar-refractivity contribution in [3.05, 3.63) is 47.3 Å². The van der Waals surface area contributed by atoms with Gasteiger partial charge in [0.05, 0.1) is 23.5 Å². The molecule has 4 unspecified atom stereocenters. The predicted molar refractivity (Wildman–Crippen MR) is 149 cm³/mol. The van der Waals surface area contributed by atoms with E-state index < -0.39 is 18.1 Å². The Morgan fingerprint density at radius 2 is 1.66 bits per heavy atom. The Morgan fingerprint density at radius 1 is 0.974 bits per heavy atom. The topological polar surface area (TPSA) is 113 Å². The van der Waals surface area contributed by atoms with Gasteiger partial charge < -0.3 is 20.9 Å². The lowest BCUT2D eigenvalue weighted by Crippen LogP contribution is -2.53. The fraction of sp³-hybridized carbons (Fsp3) is 0.517. The highest BCUT2D eigenvalue weighted by Gasteiger charge is 2.52. The summed E-state index contributed by atoms with van der Waals surface area (Å²) in [4.78, 5) is 57.7. The molecule has 2 fully saturated rings. The van der Waals surface area contributed by atoms with E-state index in [0.29, 0.717) is 30.7 Å². The van der Waals surface area contributed by atoms with Crippen molar-refractivity contribution in [1.82, 2.24) is 15.1 Å². The molecule has 2 aromatic rings. The highest BCUT2D eigenvalue weighted by molar-refractivity contribution is 7.17. The first kappa shape index (κ1) is 28.0. The van der Waals surface area contributed by atoms with Crippen molar-refractivity contribution in [1.29, 1.82) is 0 Å². The SMILES string of the molecule is CC(C)CC(N)C(=O)N1CC(=O)C2C1CCN2C(=O)C(CC(C)C)NC(=O)c1ccc(-c2ccccc2)s1. The molecule has 0 aliphatic carbocycles. The average molecular weight is 539 g/mol. The van der Waals surface area contributed by atoms with Gasteiger partial charge in [0.15, 0.2) is 5.78 Å². The summed E-state index contributed by atoms with van der Waals surface area (Å²) in [5.74, 6) is -0.539. The standard InChI is InChI=1S/C29H38N4O4S/c1-17(2)14-20(30)28(36)33-16-23(34)26-22(33)12-13-32(26)29(37)21(15-18(3)4)31-27(35)25-11-10-24(38-25)19-8-6-5-7-9-19/h5-11,17-18,20-22,26H,12-16,30H2,1-4H3,(H,31,35). The third-order valence-corrected chi connectivity index (χ3v) is 8.36. The fourth-order valence-corrected chi connectivity index (χ4v) is 6.43. The summed E-state index contributed by atoms with van der Waals surface area (Å²) in [6, 6.07) is 11.0. The van der Waals surface area contributed by atoms with Gasteiger partial charge in [-0.1, -0.05) is 58.0 Å². The van der Waals surface area contributed by atoms with Crippen molar-refractivity contribution in [3.63, 3.8) is 0 Å². The van der Waals surface area contributed by atoms with E-state index in [1.807, 2.05) is 64.1 Å². The van der Waals surface area contributed by atoms with E-state index in [-0.39, 0.29) is 47.9 Å². The van der Waals surface area contributed by atoms with Gasteiger partial charge in [-0.05, 0) is 48.8 Å². The van der Waals surface area contributed by atoms with Crippen LogP contribution in [0.1, 0.15) is 56.6 Å². The zero-order valence-corrected chi connectivity index (χ0v) is 23.4. The molecule has 8 nitrogen and oxygen atoms in total. The molecule has 1 aromatic heterocycles. The Kier molecular flexibility index (Phi) is 8.67. The minimum Gasteiger partial charge on any atom is -0.340 e. The summed E-state index contributed by atoms with van der Waals surface area (Å²) in [5.41, 5.74) is 7.17. The maximum Gasteiger partial charge on any atom is 0.262 e. The molecular weight excluding hydrogens is 500 g/mol. The number of fused-ring (bicyclic) bond motifs is 1. The van der Waals surface area contributed by atoms with E-state index in [0.717, 1.165) is 10.4 Å². The molecule has 38 heavy (non-hydrogen) atoms. The number of carbonyl (C=O) groups is 4. The third-order valence-electron chi connectivity index (χ3n) is 7.23. The number of Topliss-reactive ketones (excluding diaryl/α,β-unsaturated/α-hetero) is 1. The Morgan fingerprint density at radius 3 is 2.32 bits per heavy atom. The Balaban J connectivity index is 1.47. The van der Waals surface area contributed by atoms with E-state index in [9.17, 15) is 19.2 Å². The van der Waals surface area contributed by atoms with Crippen molar-refractivity contribution >= 4 is 34.8 Å². The molecule has 0 radical (unpaired) electrons. The first-order valence-corrected chi connectivity index (χ1v) is 14.2. The Hall–Kier alpha value is -3.04. The molecule has 2 saturated heterocycles. The van der Waals surface area contributed by atoms with Crippen LogP contribution in [0, 0.1) is 11.8 Å². The number of rotatable bonds is 9. The summed E-state index contributed by atoms with van der Waals surface area (Å²) in [7, 11) is 0. The number of likely N-dealkylation sites (tertiary alicyclic amines) is 2. The van der Waals surface area contributed by atoms with Crippen molar-refractivity contribution in [3.8, 4) is 10.4 Å². The van der Waals surface area contributed by atoms with Crippen LogP contribution in [0.4, 0.5) is 0 Å². The predicted octanol–water partition coefficient (Wildman–Crippen LogP) is 3.31. The lowest BCUT2D eigenvalue weighted by molar-refractivity contribution is -0.138. The van der Waals surface area contributed by atoms with Crippen LogP contribution in [-0.4, -0.2) is 70.6 Å². The average Bonchev–Trinajstić information content (AvgIpc) is 3.60. The van der Waals surface area contributed by atoms with Crippen LogP contribution in [0.3, 0.4) is 0 Å². The number of amides is 3. The molecular formula is C29H38N4O4S. The van der Waals surface area contributed by atoms with Crippen LogP contribution in [-0.2, 0) is 14.4 Å². The van der Waals surface area contributed by atoms with Crippen LogP contribution in [0.15, 0.2) is 42.5 Å². The number of hydrogen-bond acceptors (Lipinski definition) is 6. The number of thiophene rings is 1. The first-order chi connectivity index (χ1) is 18.1. The van der Waals surface area contributed by atoms with E-state index in [2.05, 4.69) is 5.32 Å². The zero-order chi connectivity index (χ0) is 27.6. The number of ketones is 1. The second kappa shape index (κ2) is 11.8. The smallest absolute Gasteiger partial charge is 0.262 e. The second-order valence-corrected chi connectivity index (χ2v) is 12.3. The summed E-state index contributed by atoms with van der Waals surface area (Å²) >= 11 is 1.38. The first-order valence-electron chi connectivity index (χ1n) is 13.4. The lowest BCUT2D eigenvalue weighted by Gasteiger charge is -2.29. The number of carbonyl (C=O) groups excluding carboxylic acids is 4. The molecule has 4 atom stereocenters. The molecule has 1 aromatic carbocycles. The molecule has 0 saturated carbocycles. The maximum absolute atomic E-state index is 13.8. The monoisotopic (exact) mass is 538 g/mol. The maximum atomic E-state index is 13.8. The fourth-order valence-electron chi connectivity index (χ4n) is 5.52. The van der Waals surface area contributed by atoms with Crippen LogP contribution in [0.25, 0.3) is 10.4 Å². The molecule has 0 spiro atoms. The van der Waals surface area contributed by atoms with Crippen molar-refractivity contribution < 1.29 is 19.2 Å². The van der Waals surface area contributed by atoms with Crippen molar-refractivity contribution in [2.75, 3.05) is 13.1 Å². The van der Waals surface area contributed by atoms with Crippen LogP contribution >= 0.6 is 11.3 Å². The summed E-state index contributed by atoms with van der Waals surface area (Å²) in [6.07, 6.45) is 1.52. The van der Waals surface area contributed by atoms with E-state index in [1.165, 1.54) is 11.3 Å². The van der Waals surface area contributed by atoms with E-state index >= 15 is 0 Å². The van der Waals surface area contributed by atoms with Gasteiger partial charge in [0.1, 0.15) is 12.1 Å². The van der Waals surface area contributed by atoms with Gasteiger partial charge in [0, 0.05) is 11.4 Å². The van der Waals surface area contributed by atoms with Gasteiger partial charge in [0.25, 0.3) is 5.91 Å². The zero-order valence-electron chi connectivity index (χ0n) is 22.6. The molecule has 3 heterocycles. The summed E-state index contributed by atoms with van der Waals surface area (Å²) in [5, 5.41) is 2.94. The van der Waals surface area contributed by atoms with E-state index in [4.69, 9.17) is 5.73 Å². The van der Waals surface area contributed by atoms with Gasteiger partial charge in [0.2, 0.25) is 11.8 Å². The van der Waals surface area contributed by atoms with Crippen molar-refractivity contribution in [2.45, 2.75) is 71.1 Å². The molecule has 9 heteroatoms. The molecule has 204 valence electrons. The number of nitrogens with zero attached hydrogens (tertiary/aromatic N) is 2. The number of nitrogens with two attached hydrogens (primary N) is 1. The van der Waals surface area contributed by atoms with Crippen LogP contribution < -0.4 is 11.1 Å². The normalized spacial score (nSPS) is 20.7. The molecule has 3 amide bonds. The highest BCUT2D eigenvalue weighted by atomic mass is 32.1. The lowest BCUT2D eigenvalue weighted by atomic mass is 10.0. The number of benzene rings is 1. The van der Waals surface area contributed by atoms with Gasteiger partial charge in [-0.3, -0.25) is 19.2 Å². The summed E-state index contributed by atoms with van der Waals surface area (Å²) < 4.78 is 0. The van der Waals surface area contributed by atoms with Crippen LogP contribution in [0.5, 0.6) is 0 Å². The van der Waals surface area contributed by atoms with Gasteiger partial charge in [-0.2, -0.15) is 0 Å². The minimum absolute atomic E-state index is 0.0254. The molecule has 4 rings (SSSR count). The highest BCUT2D eigenvalue weighted by Crippen LogP contribution is 2.32. The number of nitrogens with one attached hydrogen (secondary N) is 1. The minimum atomic E-state index is -0.760. The summed E-state index contributed by atoms with van der Waals surface area (Å²) in [6.45, 7) is 8.34. The van der Waals surface area contributed by atoms with Crippen LogP contribution in [0.2, 0.25) is 0 Å². The van der Waals surface area contributed by atoms with E-state index in [1.54, 1.807) is 15.9 Å². The van der Waals surface area contributed by atoms with Gasteiger partial charge in [-0.15, -0.1) is 11.3 Å². The quantitative estimate of drug-likeness (QED) is 0.509. The largest absolute Gasteiger partial charge is 0.340 e. The van der Waals surface area contributed by atoms with Gasteiger partial charge >= 0.3 is 0 Å². The Bertz CT molecular complexity index is 1180. The molecule has 0 bridgehead atoms. The number of hydrogen-bond donors (Lipinski definition) is 2. The van der Waals surface area contributed by atoms with Crippen molar-refractivity contribution in [2.24, 2.45) is 17.6 Å². The molecule has 2 aliphatic rings. The molecule has 3 N–H and O–H groups in total. The Labute approximate surface area is 228 Å². The third kappa shape index (κ3) is 5.99.